The lowest BCUT2D eigenvalue weighted by Gasteiger charge is -2.50. The van der Waals surface area contributed by atoms with Crippen LogP contribution < -0.4 is 0 Å². The first kappa shape index (κ1) is 29.7. The van der Waals surface area contributed by atoms with Crippen molar-refractivity contribution in [3.8, 4) is 0 Å². The van der Waals surface area contributed by atoms with Crippen LogP contribution in [0.15, 0.2) is 12.2 Å². The Balaban J connectivity index is 2.11. The molecule has 0 amide bonds. The zero-order valence-electron chi connectivity index (χ0n) is 18.0. The molecular weight excluding hydrogens is 524 g/mol. The summed E-state index contributed by atoms with van der Waals surface area (Å²) in [7, 11) is -5.78. The van der Waals surface area contributed by atoms with E-state index < -0.39 is 88.4 Å². The van der Waals surface area contributed by atoms with E-state index in [0.717, 1.165) is 0 Å². The molecule has 35 heavy (non-hydrogen) atoms. The van der Waals surface area contributed by atoms with Crippen LogP contribution in [0.4, 0.5) is 35.1 Å². The highest BCUT2D eigenvalue weighted by molar-refractivity contribution is 7.86. The van der Waals surface area contributed by atoms with E-state index in [-0.39, 0.29) is 32.1 Å². The maximum atomic E-state index is 13.4. The van der Waals surface area contributed by atoms with Gasteiger partial charge in [-0.25, -0.2) is 4.79 Å². The molecule has 0 aromatic heterocycles. The Kier molecular flexibility index (Phi) is 8.56. The molecule has 0 aliphatic heterocycles. The highest BCUT2D eigenvalue weighted by Gasteiger charge is 2.75. The monoisotopic (exact) mass is 548 g/mol. The van der Waals surface area contributed by atoms with Gasteiger partial charge in [-0.3, -0.25) is 4.55 Å². The number of rotatable bonds is 8. The number of alkyl halides is 8. The van der Waals surface area contributed by atoms with E-state index in [1.807, 2.05) is 0 Å². The van der Waals surface area contributed by atoms with E-state index in [1.165, 1.54) is 0 Å². The van der Waals surface area contributed by atoms with E-state index in [2.05, 4.69) is 11.3 Å². The van der Waals surface area contributed by atoms with Gasteiger partial charge in [0.15, 0.2) is 0 Å². The third-order valence-corrected chi connectivity index (χ3v) is 7.37. The maximum absolute atomic E-state index is 13.4. The number of hydrogen-bond donors (Lipinski definition) is 2. The fourth-order valence-corrected chi connectivity index (χ4v) is 5.07. The molecule has 2 saturated carbocycles. The zero-order chi connectivity index (χ0) is 27.0. The summed E-state index contributed by atoms with van der Waals surface area (Å²) in [5.41, 5.74) is -5.52. The molecule has 7 nitrogen and oxygen atoms in total. The molecule has 4 atom stereocenters. The molecule has 4 unspecified atom stereocenters. The molecule has 204 valence electrons. The Bertz CT molecular complexity index is 886. The summed E-state index contributed by atoms with van der Waals surface area (Å²) in [5.74, 6) is -5.63. The Morgan fingerprint density at radius 3 is 1.94 bits per heavy atom. The Morgan fingerprint density at radius 2 is 1.43 bits per heavy atom. The summed E-state index contributed by atoms with van der Waals surface area (Å²) in [4.78, 5) is 12.3. The average molecular weight is 548 g/mol. The van der Waals surface area contributed by atoms with Gasteiger partial charge >= 0.3 is 33.7 Å². The average Bonchev–Trinajstić information content (AvgIpc) is 2.70. The van der Waals surface area contributed by atoms with Crippen molar-refractivity contribution in [3.05, 3.63) is 12.2 Å². The molecule has 0 spiro atoms. The highest BCUT2D eigenvalue weighted by atomic mass is 32.2. The molecule has 2 fully saturated rings. The highest BCUT2D eigenvalue weighted by Crippen LogP contribution is 2.57. The third-order valence-electron chi connectivity index (χ3n) is 6.49. The quantitative estimate of drug-likeness (QED) is 0.204. The molecule has 16 heteroatoms. The number of carbonyl (C=O) groups is 1. The predicted molar refractivity (Wildman–Crippen MR) is 102 cm³/mol. The predicted octanol–water partition coefficient (Wildman–Crippen LogP) is 4.02. The van der Waals surface area contributed by atoms with E-state index >= 15 is 0 Å². The van der Waals surface area contributed by atoms with Crippen molar-refractivity contribution in [2.24, 2.45) is 17.8 Å². The molecule has 0 heterocycles. The minimum Gasteiger partial charge on any atom is -0.459 e. The second kappa shape index (κ2) is 10.1. The number of halogens is 8. The number of carbonyl (C=O) groups excluding carboxylic acids is 1. The van der Waals surface area contributed by atoms with Gasteiger partial charge in [0.25, 0.3) is 5.60 Å². The van der Waals surface area contributed by atoms with Crippen molar-refractivity contribution in [1.29, 1.82) is 0 Å². The fourth-order valence-electron chi connectivity index (χ4n) is 4.84. The van der Waals surface area contributed by atoms with Crippen LogP contribution in [0.5, 0.6) is 0 Å². The lowest BCUT2D eigenvalue weighted by molar-refractivity contribution is -0.394. The van der Waals surface area contributed by atoms with Gasteiger partial charge in [0.1, 0.15) is 12.7 Å². The van der Waals surface area contributed by atoms with Gasteiger partial charge in [0, 0.05) is 5.92 Å². The van der Waals surface area contributed by atoms with Gasteiger partial charge in [0.2, 0.25) is 0 Å². The van der Waals surface area contributed by atoms with E-state index in [1.54, 1.807) is 0 Å². The first-order valence-electron chi connectivity index (χ1n) is 10.4. The summed E-state index contributed by atoms with van der Waals surface area (Å²) in [6.45, 7) is 0.464. The minimum atomic E-state index is -5.99. The van der Waals surface area contributed by atoms with Crippen LogP contribution in [0.2, 0.25) is 0 Å². The van der Waals surface area contributed by atoms with Gasteiger partial charge in [-0.05, 0) is 43.9 Å². The van der Waals surface area contributed by atoms with Crippen LogP contribution >= 0.6 is 0 Å². The summed E-state index contributed by atoms with van der Waals surface area (Å²) >= 11 is 0. The van der Waals surface area contributed by atoms with Crippen LogP contribution in [0.25, 0.3) is 0 Å². The van der Waals surface area contributed by atoms with Crippen molar-refractivity contribution >= 4 is 16.1 Å². The maximum Gasteiger partial charge on any atom is 0.426 e. The van der Waals surface area contributed by atoms with Gasteiger partial charge < -0.3 is 14.6 Å². The largest absolute Gasteiger partial charge is 0.459 e. The van der Waals surface area contributed by atoms with E-state index in [4.69, 9.17) is 9.29 Å². The molecule has 0 aromatic carbocycles. The third kappa shape index (κ3) is 6.07. The number of esters is 1. The number of fused-ring (bicyclic) bond motifs is 1. The van der Waals surface area contributed by atoms with Gasteiger partial charge in [0.05, 0.1) is 12.2 Å². The van der Waals surface area contributed by atoms with E-state index in [9.17, 15) is 53.4 Å². The van der Waals surface area contributed by atoms with Crippen molar-refractivity contribution in [1.82, 2.24) is 0 Å². The topological polar surface area (TPSA) is 110 Å². The van der Waals surface area contributed by atoms with Crippen molar-refractivity contribution in [2.45, 2.75) is 67.8 Å². The van der Waals surface area contributed by atoms with Crippen molar-refractivity contribution in [2.75, 3.05) is 13.2 Å². The van der Waals surface area contributed by atoms with Gasteiger partial charge in [-0.2, -0.15) is 43.5 Å². The summed E-state index contributed by atoms with van der Waals surface area (Å²) in [6, 6.07) is 0. The molecule has 0 saturated heterocycles. The number of aliphatic hydroxyl groups is 1. The van der Waals surface area contributed by atoms with Crippen LogP contribution in [-0.4, -0.2) is 66.6 Å². The normalized spacial score (nSPS) is 26.7. The molecule has 0 aromatic rings. The Morgan fingerprint density at radius 1 is 0.914 bits per heavy atom. The van der Waals surface area contributed by atoms with Crippen LogP contribution in [0.1, 0.15) is 38.5 Å². The fraction of sp³-hybridized carbons (Fsp3) is 0.842. The molecule has 2 N–H and O–H groups in total. The second-order valence-electron chi connectivity index (χ2n) is 8.71. The van der Waals surface area contributed by atoms with Crippen LogP contribution in [0, 0.1) is 17.8 Å². The number of hydrogen-bond acceptors (Lipinski definition) is 6. The zero-order valence-corrected chi connectivity index (χ0v) is 18.9. The smallest absolute Gasteiger partial charge is 0.426 e. The molecule has 0 radical (unpaired) electrons. The summed E-state index contributed by atoms with van der Waals surface area (Å²) in [6.07, 6.45) is -13.5. The SMILES string of the molecule is C=C(COCC(F)(F)S(=O)(=O)O)C(=O)OC1CCCC2C1CCCC2C(O)(C(F)(F)F)C(F)(F)F. The van der Waals surface area contributed by atoms with Crippen molar-refractivity contribution in [3.63, 3.8) is 0 Å². The summed E-state index contributed by atoms with van der Waals surface area (Å²) in [5, 5.41) is 5.25. The minimum absolute atomic E-state index is 0.0629. The molecule has 2 aliphatic carbocycles. The van der Waals surface area contributed by atoms with Crippen LogP contribution in [0.3, 0.4) is 0 Å². The molecular formula is C19H24F8O7S. The van der Waals surface area contributed by atoms with Crippen LogP contribution in [-0.2, 0) is 24.4 Å². The second-order valence-corrected chi connectivity index (χ2v) is 10.3. The van der Waals surface area contributed by atoms with Crippen molar-refractivity contribution < 1.29 is 67.5 Å². The Labute approximate surface area is 195 Å². The van der Waals surface area contributed by atoms with E-state index in [0.29, 0.717) is 0 Å². The lowest BCUT2D eigenvalue weighted by atomic mass is 9.59. The Hall–Kier alpha value is -1.52. The summed E-state index contributed by atoms with van der Waals surface area (Å²) < 4.78 is 146. The first-order valence-corrected chi connectivity index (χ1v) is 11.8. The lowest BCUT2D eigenvalue weighted by Crippen LogP contribution is -2.65. The standard InChI is InChI=1S/C19H24F8O7S/c1-10(8-33-9-16(20,21)35(30,31)32)15(28)34-14-7-3-4-11-12(14)5-2-6-13(11)17(29,18(22,23)24)19(25,26)27/h11-14,29H,1-9H2,(H,30,31,32). The first-order chi connectivity index (χ1) is 15.7. The van der Waals surface area contributed by atoms with Gasteiger partial charge in [-0.15, -0.1) is 0 Å². The van der Waals surface area contributed by atoms with Gasteiger partial charge in [-0.1, -0.05) is 13.0 Å². The molecule has 2 rings (SSSR count). The number of ether oxygens (including phenoxy) is 2. The molecule has 0 bridgehead atoms. The molecule has 2 aliphatic rings.